The molecule has 0 unspecified atom stereocenters. The largest absolute Gasteiger partial charge is 0.361 e. The summed E-state index contributed by atoms with van der Waals surface area (Å²) in [5, 5.41) is 0. The molecule has 2 saturated heterocycles. The van der Waals surface area contributed by atoms with E-state index in [1.54, 1.807) is 7.11 Å². The molecule has 0 saturated carbocycles. The molecule has 2 aliphatic rings. The van der Waals surface area contributed by atoms with E-state index in [0.717, 1.165) is 5.56 Å². The minimum absolute atomic E-state index is 0.0145. The van der Waals surface area contributed by atoms with Crippen LogP contribution in [0.4, 0.5) is 0 Å². The Morgan fingerprint density at radius 2 is 2.00 bits per heavy atom. The Balaban J connectivity index is 1.45. The summed E-state index contributed by atoms with van der Waals surface area (Å²) >= 11 is 0. The molecule has 0 radical (unpaired) electrons. The predicted molar refractivity (Wildman–Crippen MR) is 66.4 cm³/mol. The zero-order valence-corrected chi connectivity index (χ0v) is 10.9. The van der Waals surface area contributed by atoms with Crippen molar-refractivity contribution in [3.05, 3.63) is 35.9 Å². The van der Waals surface area contributed by atoms with Gasteiger partial charge < -0.3 is 23.7 Å². The number of methoxy groups -OCH3 is 1. The molecule has 1 aromatic rings. The average Bonchev–Trinajstić information content (AvgIpc) is 3.25. The van der Waals surface area contributed by atoms with Gasteiger partial charge in [0.2, 0.25) is 0 Å². The van der Waals surface area contributed by atoms with Crippen molar-refractivity contribution >= 4 is 0 Å². The third-order valence-electron chi connectivity index (χ3n) is 3.28. The summed E-state index contributed by atoms with van der Waals surface area (Å²) in [6.07, 6.45) is -0.293. The Morgan fingerprint density at radius 1 is 1.16 bits per heavy atom. The highest BCUT2D eigenvalue weighted by Gasteiger charge is 2.55. The highest BCUT2D eigenvalue weighted by atomic mass is 16.8. The van der Waals surface area contributed by atoms with Crippen molar-refractivity contribution in [1.29, 1.82) is 0 Å². The summed E-state index contributed by atoms with van der Waals surface area (Å²) in [7, 11) is 1.60. The Morgan fingerprint density at radius 3 is 2.79 bits per heavy atom. The Labute approximate surface area is 112 Å². The molecule has 104 valence electrons. The van der Waals surface area contributed by atoms with E-state index in [1.807, 2.05) is 30.3 Å². The van der Waals surface area contributed by atoms with Gasteiger partial charge in [-0.25, -0.2) is 0 Å². The normalized spacial score (nSPS) is 32.9. The average molecular weight is 266 g/mol. The van der Waals surface area contributed by atoms with Gasteiger partial charge in [-0.2, -0.15) is 0 Å². The summed E-state index contributed by atoms with van der Waals surface area (Å²) in [6, 6.07) is 10.0. The van der Waals surface area contributed by atoms with E-state index in [0.29, 0.717) is 13.2 Å². The van der Waals surface area contributed by atoms with Crippen LogP contribution in [0, 0.1) is 0 Å². The first-order valence-corrected chi connectivity index (χ1v) is 6.41. The van der Waals surface area contributed by atoms with E-state index >= 15 is 0 Å². The summed E-state index contributed by atoms with van der Waals surface area (Å²) in [5.74, 6) is 0. The summed E-state index contributed by atoms with van der Waals surface area (Å²) in [6.45, 7) is 1.27. The molecule has 0 spiro atoms. The van der Waals surface area contributed by atoms with Gasteiger partial charge in [0.1, 0.15) is 25.1 Å². The highest BCUT2D eigenvalue weighted by molar-refractivity contribution is 5.13. The Kier molecular flexibility index (Phi) is 4.10. The van der Waals surface area contributed by atoms with Crippen LogP contribution in [0.3, 0.4) is 0 Å². The minimum atomic E-state index is -0.299. The van der Waals surface area contributed by atoms with Gasteiger partial charge >= 0.3 is 0 Å². The lowest BCUT2D eigenvalue weighted by molar-refractivity contribution is -0.198. The zero-order valence-electron chi connectivity index (χ0n) is 10.9. The SMILES string of the molecule is COCO[C@H]1CO[C@H](OCc2ccccc2)[C@H]2O[C@H]21. The number of benzene rings is 1. The molecule has 2 heterocycles. The lowest BCUT2D eigenvalue weighted by Gasteiger charge is -2.25. The molecule has 3 rings (SSSR count). The van der Waals surface area contributed by atoms with Crippen LogP contribution in [0.25, 0.3) is 0 Å². The maximum Gasteiger partial charge on any atom is 0.186 e. The van der Waals surface area contributed by atoms with Gasteiger partial charge in [0, 0.05) is 7.11 Å². The van der Waals surface area contributed by atoms with Gasteiger partial charge in [-0.1, -0.05) is 30.3 Å². The third kappa shape index (κ3) is 3.13. The molecule has 0 amide bonds. The Hall–Kier alpha value is -0.980. The van der Waals surface area contributed by atoms with Crippen molar-refractivity contribution in [3.63, 3.8) is 0 Å². The highest BCUT2D eigenvalue weighted by Crippen LogP contribution is 2.36. The molecule has 4 atom stereocenters. The maximum absolute atomic E-state index is 5.74. The smallest absolute Gasteiger partial charge is 0.186 e. The van der Waals surface area contributed by atoms with Gasteiger partial charge in [-0.3, -0.25) is 0 Å². The molecule has 19 heavy (non-hydrogen) atoms. The first-order valence-electron chi connectivity index (χ1n) is 6.41. The van der Waals surface area contributed by atoms with Crippen molar-refractivity contribution in [2.45, 2.75) is 31.2 Å². The van der Waals surface area contributed by atoms with Crippen molar-refractivity contribution in [3.8, 4) is 0 Å². The van der Waals surface area contributed by atoms with E-state index < -0.39 is 0 Å². The lowest BCUT2D eigenvalue weighted by atomic mass is 10.1. The molecule has 0 bridgehead atoms. The summed E-state index contributed by atoms with van der Waals surface area (Å²) in [5.41, 5.74) is 1.13. The van der Waals surface area contributed by atoms with Crippen molar-refractivity contribution in [2.75, 3.05) is 20.5 Å². The quantitative estimate of drug-likeness (QED) is 0.574. The van der Waals surface area contributed by atoms with Crippen LogP contribution in [0.5, 0.6) is 0 Å². The van der Waals surface area contributed by atoms with Crippen molar-refractivity contribution in [1.82, 2.24) is 0 Å². The molecule has 5 heteroatoms. The number of ether oxygens (including phenoxy) is 5. The van der Waals surface area contributed by atoms with Gasteiger partial charge in [0.15, 0.2) is 6.29 Å². The summed E-state index contributed by atoms with van der Waals surface area (Å²) < 4.78 is 27.3. The van der Waals surface area contributed by atoms with Crippen LogP contribution in [0.1, 0.15) is 5.56 Å². The maximum atomic E-state index is 5.74. The predicted octanol–water partition coefficient (Wildman–Crippen LogP) is 1.32. The van der Waals surface area contributed by atoms with Crippen molar-refractivity contribution < 1.29 is 23.7 Å². The summed E-state index contributed by atoms with van der Waals surface area (Å²) in [4.78, 5) is 0. The van der Waals surface area contributed by atoms with Crippen LogP contribution in [-0.2, 0) is 30.3 Å². The molecule has 0 N–H and O–H groups in total. The minimum Gasteiger partial charge on any atom is -0.361 e. The van der Waals surface area contributed by atoms with E-state index in [2.05, 4.69) is 0 Å². The number of fused-ring (bicyclic) bond motifs is 1. The molecular formula is C14H18O5. The Bertz CT molecular complexity index is 396. The van der Waals surface area contributed by atoms with Gasteiger partial charge in [0.25, 0.3) is 0 Å². The number of rotatable bonds is 6. The second kappa shape index (κ2) is 5.98. The second-order valence-corrected chi connectivity index (χ2v) is 4.68. The van der Waals surface area contributed by atoms with Gasteiger partial charge in [0.05, 0.1) is 13.2 Å². The fourth-order valence-electron chi connectivity index (χ4n) is 2.23. The molecule has 0 aromatic heterocycles. The van der Waals surface area contributed by atoms with Crippen molar-refractivity contribution in [2.24, 2.45) is 0 Å². The van der Waals surface area contributed by atoms with Crippen LogP contribution >= 0.6 is 0 Å². The fourth-order valence-corrected chi connectivity index (χ4v) is 2.23. The lowest BCUT2D eigenvalue weighted by Crippen LogP contribution is -2.40. The molecule has 0 aliphatic carbocycles. The molecule has 2 aliphatic heterocycles. The van der Waals surface area contributed by atoms with Crippen LogP contribution in [0.15, 0.2) is 30.3 Å². The third-order valence-corrected chi connectivity index (χ3v) is 3.28. The first kappa shape index (κ1) is 13.0. The van der Waals surface area contributed by atoms with Crippen LogP contribution in [0.2, 0.25) is 0 Å². The molecule has 5 nitrogen and oxygen atoms in total. The number of hydrogen-bond donors (Lipinski definition) is 0. The van der Waals surface area contributed by atoms with Gasteiger partial charge in [-0.15, -0.1) is 0 Å². The monoisotopic (exact) mass is 266 g/mol. The second-order valence-electron chi connectivity index (χ2n) is 4.68. The zero-order chi connectivity index (χ0) is 13.1. The van der Waals surface area contributed by atoms with E-state index in [4.69, 9.17) is 23.7 Å². The van der Waals surface area contributed by atoms with Crippen LogP contribution < -0.4 is 0 Å². The number of hydrogen-bond acceptors (Lipinski definition) is 5. The first-order chi connectivity index (χ1) is 9.38. The topological polar surface area (TPSA) is 49.5 Å². The van der Waals surface area contributed by atoms with Crippen LogP contribution in [-0.4, -0.2) is 45.1 Å². The van der Waals surface area contributed by atoms with E-state index in [9.17, 15) is 0 Å². The standard InChI is InChI=1S/C14H18O5/c1-15-9-18-11-8-17-14(13-12(11)19-13)16-7-10-5-3-2-4-6-10/h2-6,11-14H,7-9H2,1H3/t11-,12-,13-,14-/m0/s1. The van der Waals surface area contributed by atoms with E-state index in [-0.39, 0.29) is 31.4 Å². The molecular weight excluding hydrogens is 248 g/mol. The fraction of sp³-hybridized carbons (Fsp3) is 0.571. The number of epoxide rings is 1. The molecule has 1 aromatic carbocycles. The van der Waals surface area contributed by atoms with Gasteiger partial charge in [-0.05, 0) is 5.56 Å². The van der Waals surface area contributed by atoms with E-state index in [1.165, 1.54) is 0 Å². The molecule has 2 fully saturated rings.